The number of benzene rings is 1. The number of rotatable bonds is 5. The van der Waals surface area contributed by atoms with Crippen LogP contribution in [0.25, 0.3) is 5.69 Å². The van der Waals surface area contributed by atoms with Crippen molar-refractivity contribution >= 4 is 17.8 Å². The molecule has 34 heavy (non-hydrogen) atoms. The Bertz CT molecular complexity index is 1200. The van der Waals surface area contributed by atoms with Crippen LogP contribution in [-0.2, 0) is 11.3 Å². The summed E-state index contributed by atoms with van der Waals surface area (Å²) in [5, 5.41) is 8.52. The monoisotopic (exact) mass is 460 g/mol. The van der Waals surface area contributed by atoms with Crippen LogP contribution in [0.2, 0.25) is 0 Å². The predicted molar refractivity (Wildman–Crippen MR) is 125 cm³/mol. The fraction of sp³-hybridized carbons (Fsp3) is 0.417. The maximum atomic E-state index is 13.7. The lowest BCUT2D eigenvalue weighted by Crippen LogP contribution is -2.53. The Morgan fingerprint density at radius 2 is 1.79 bits per heavy atom. The van der Waals surface area contributed by atoms with E-state index in [1.807, 2.05) is 36.1 Å². The molecule has 0 atom stereocenters. The third-order valence-corrected chi connectivity index (χ3v) is 6.91. The van der Waals surface area contributed by atoms with Crippen molar-refractivity contribution < 1.29 is 9.59 Å². The van der Waals surface area contributed by atoms with Gasteiger partial charge >= 0.3 is 0 Å². The lowest BCUT2D eigenvalue weighted by Gasteiger charge is -2.46. The molecule has 0 radical (unpaired) electrons. The number of piperidine rings is 2. The fourth-order valence-corrected chi connectivity index (χ4v) is 5.11. The Kier molecular flexibility index (Phi) is 5.72. The number of likely N-dealkylation sites (tertiary alicyclic amines) is 1. The van der Waals surface area contributed by atoms with Gasteiger partial charge in [0.25, 0.3) is 5.91 Å². The third-order valence-electron chi connectivity index (χ3n) is 6.91. The van der Waals surface area contributed by atoms with E-state index in [9.17, 15) is 9.59 Å². The molecule has 2 amide bonds. The minimum Gasteiger partial charge on any atom is -0.364 e. The SMILES string of the molecule is Cc1cc(C(N)=O)nc(N2CCC3(CCCN(Cc4ccccc4-n4nccn4)C3=O)CC2)n1. The second-order valence-electron chi connectivity index (χ2n) is 9.10. The zero-order valence-corrected chi connectivity index (χ0v) is 19.2. The number of carbonyl (C=O) groups excluding carboxylic acids is 2. The van der Waals surface area contributed by atoms with Crippen LogP contribution in [0.4, 0.5) is 5.95 Å². The Morgan fingerprint density at radius 1 is 1.06 bits per heavy atom. The van der Waals surface area contributed by atoms with Gasteiger partial charge in [0, 0.05) is 31.9 Å². The molecule has 2 saturated heterocycles. The van der Waals surface area contributed by atoms with Gasteiger partial charge < -0.3 is 15.5 Å². The lowest BCUT2D eigenvalue weighted by molar-refractivity contribution is -0.148. The summed E-state index contributed by atoms with van der Waals surface area (Å²) in [6.45, 7) is 4.42. The molecule has 10 heteroatoms. The number of carbonyl (C=O) groups is 2. The Balaban J connectivity index is 1.31. The molecule has 2 aromatic heterocycles. The minimum absolute atomic E-state index is 0.213. The van der Waals surface area contributed by atoms with E-state index in [0.717, 1.165) is 43.5 Å². The molecule has 5 rings (SSSR count). The Hall–Kier alpha value is -3.82. The molecule has 0 aliphatic carbocycles. The number of nitrogens with zero attached hydrogens (tertiary/aromatic N) is 7. The van der Waals surface area contributed by atoms with Crippen LogP contribution in [0.1, 0.15) is 47.4 Å². The van der Waals surface area contributed by atoms with E-state index in [4.69, 9.17) is 5.73 Å². The largest absolute Gasteiger partial charge is 0.364 e. The Morgan fingerprint density at radius 3 is 2.53 bits per heavy atom. The van der Waals surface area contributed by atoms with E-state index in [1.54, 1.807) is 23.3 Å². The second-order valence-corrected chi connectivity index (χ2v) is 9.10. The standard InChI is InChI=1S/C24H28N8O2/c1-17-15-19(21(25)33)29-23(28-17)30-13-8-24(9-14-30)7-4-12-31(22(24)34)16-18-5-2-3-6-20(18)32-26-10-11-27-32/h2-3,5-6,10-11,15H,4,7-9,12-14,16H2,1H3,(H2,25,33). The van der Waals surface area contributed by atoms with Gasteiger partial charge in [-0.2, -0.15) is 15.0 Å². The highest BCUT2D eigenvalue weighted by atomic mass is 16.2. The first-order valence-corrected chi connectivity index (χ1v) is 11.6. The molecule has 10 nitrogen and oxygen atoms in total. The average molecular weight is 461 g/mol. The molecule has 0 bridgehead atoms. The number of amides is 2. The number of primary amides is 1. The van der Waals surface area contributed by atoms with Crippen molar-refractivity contribution in [2.45, 2.75) is 39.2 Å². The Labute approximate surface area is 197 Å². The van der Waals surface area contributed by atoms with Crippen molar-refractivity contribution in [1.82, 2.24) is 29.9 Å². The van der Waals surface area contributed by atoms with Gasteiger partial charge in [-0.05, 0) is 50.3 Å². The molecule has 3 aromatic rings. The van der Waals surface area contributed by atoms with Gasteiger partial charge in [-0.1, -0.05) is 18.2 Å². The topological polar surface area (TPSA) is 123 Å². The summed E-state index contributed by atoms with van der Waals surface area (Å²) in [6.07, 6.45) is 6.62. The van der Waals surface area contributed by atoms with Crippen molar-refractivity contribution in [1.29, 1.82) is 0 Å². The number of hydrogen-bond acceptors (Lipinski definition) is 7. The summed E-state index contributed by atoms with van der Waals surface area (Å²) in [5.41, 5.74) is 7.87. The van der Waals surface area contributed by atoms with Crippen LogP contribution < -0.4 is 10.6 Å². The molecule has 2 fully saturated rings. The van der Waals surface area contributed by atoms with Gasteiger partial charge in [0.2, 0.25) is 11.9 Å². The molecule has 176 valence electrons. The van der Waals surface area contributed by atoms with E-state index >= 15 is 0 Å². The molecular formula is C24H28N8O2. The summed E-state index contributed by atoms with van der Waals surface area (Å²) >= 11 is 0. The highest BCUT2D eigenvalue weighted by molar-refractivity contribution is 5.91. The number of hydrogen-bond donors (Lipinski definition) is 1. The summed E-state index contributed by atoms with van der Waals surface area (Å²) in [7, 11) is 0. The second kappa shape index (κ2) is 8.85. The first kappa shape index (κ1) is 22.0. The summed E-state index contributed by atoms with van der Waals surface area (Å²) < 4.78 is 0. The van der Waals surface area contributed by atoms with Crippen LogP contribution in [0.3, 0.4) is 0 Å². The normalized spacial score (nSPS) is 17.9. The molecule has 2 N–H and O–H groups in total. The highest BCUT2D eigenvalue weighted by Crippen LogP contribution is 2.42. The van der Waals surface area contributed by atoms with Crippen LogP contribution in [-0.4, -0.2) is 61.3 Å². The van der Waals surface area contributed by atoms with Crippen LogP contribution in [0.5, 0.6) is 0 Å². The summed E-state index contributed by atoms with van der Waals surface area (Å²) in [5.74, 6) is 0.151. The average Bonchev–Trinajstić information content (AvgIpc) is 3.37. The van der Waals surface area contributed by atoms with E-state index < -0.39 is 5.91 Å². The maximum absolute atomic E-state index is 13.7. The molecule has 2 aliphatic rings. The predicted octanol–water partition coefficient (Wildman–Crippen LogP) is 1.87. The van der Waals surface area contributed by atoms with Crippen molar-refractivity contribution in [3.8, 4) is 5.69 Å². The van der Waals surface area contributed by atoms with Crippen LogP contribution in [0, 0.1) is 12.3 Å². The molecular weight excluding hydrogens is 432 g/mol. The first-order valence-electron chi connectivity index (χ1n) is 11.6. The molecule has 1 spiro atoms. The van der Waals surface area contributed by atoms with E-state index in [2.05, 4.69) is 25.1 Å². The van der Waals surface area contributed by atoms with E-state index in [-0.39, 0.29) is 17.0 Å². The fourth-order valence-electron chi connectivity index (χ4n) is 5.11. The molecule has 2 aliphatic heterocycles. The maximum Gasteiger partial charge on any atom is 0.267 e. The van der Waals surface area contributed by atoms with Gasteiger partial charge in [0.1, 0.15) is 5.69 Å². The zero-order chi connectivity index (χ0) is 23.7. The summed E-state index contributed by atoms with van der Waals surface area (Å²) in [6, 6.07) is 9.53. The number of anilines is 1. The van der Waals surface area contributed by atoms with Crippen molar-refractivity contribution in [2.24, 2.45) is 11.1 Å². The lowest BCUT2D eigenvalue weighted by atomic mass is 9.71. The van der Waals surface area contributed by atoms with E-state index in [0.29, 0.717) is 31.3 Å². The third kappa shape index (κ3) is 4.11. The van der Waals surface area contributed by atoms with Gasteiger partial charge in [-0.3, -0.25) is 9.59 Å². The molecule has 1 aromatic carbocycles. The van der Waals surface area contributed by atoms with Gasteiger partial charge in [0.15, 0.2) is 0 Å². The number of aryl methyl sites for hydroxylation is 1. The van der Waals surface area contributed by atoms with Crippen LogP contribution in [0.15, 0.2) is 42.7 Å². The smallest absolute Gasteiger partial charge is 0.267 e. The van der Waals surface area contributed by atoms with Gasteiger partial charge in [-0.15, -0.1) is 0 Å². The number of aromatic nitrogens is 5. The van der Waals surface area contributed by atoms with Crippen molar-refractivity contribution in [3.05, 3.63) is 59.7 Å². The van der Waals surface area contributed by atoms with Gasteiger partial charge in [0.05, 0.1) is 23.5 Å². The zero-order valence-electron chi connectivity index (χ0n) is 19.2. The van der Waals surface area contributed by atoms with Gasteiger partial charge in [-0.25, -0.2) is 9.97 Å². The molecule has 0 saturated carbocycles. The summed E-state index contributed by atoms with van der Waals surface area (Å²) in [4.78, 5) is 39.8. The highest BCUT2D eigenvalue weighted by Gasteiger charge is 2.46. The number of para-hydroxylation sites is 1. The molecule has 0 unspecified atom stereocenters. The van der Waals surface area contributed by atoms with Crippen LogP contribution >= 0.6 is 0 Å². The first-order chi connectivity index (χ1) is 16.4. The quantitative estimate of drug-likeness (QED) is 0.616. The van der Waals surface area contributed by atoms with E-state index in [1.165, 1.54) is 0 Å². The minimum atomic E-state index is -0.566. The van der Waals surface area contributed by atoms with Crippen molar-refractivity contribution in [3.63, 3.8) is 0 Å². The number of nitrogens with two attached hydrogens (primary N) is 1. The van der Waals surface area contributed by atoms with Crippen molar-refractivity contribution in [2.75, 3.05) is 24.5 Å². The molecule has 4 heterocycles.